The van der Waals surface area contributed by atoms with Gasteiger partial charge in [-0.2, -0.15) is 0 Å². The molecule has 3 amide bonds. The Hall–Kier alpha value is -4.59. The lowest BCUT2D eigenvalue weighted by Gasteiger charge is -2.14. The Balaban J connectivity index is 1.45. The predicted molar refractivity (Wildman–Crippen MR) is 133 cm³/mol. The smallest absolute Gasteiger partial charge is 0.338 e. The van der Waals surface area contributed by atoms with Gasteiger partial charge in [-0.3, -0.25) is 19.2 Å². The maximum Gasteiger partial charge on any atom is 0.338 e. The number of fused-ring (bicyclic) bond motifs is 1. The van der Waals surface area contributed by atoms with Gasteiger partial charge in [0.25, 0.3) is 11.8 Å². The molecule has 3 aromatic rings. The quantitative estimate of drug-likeness (QED) is 0.298. The van der Waals surface area contributed by atoms with Gasteiger partial charge in [-0.1, -0.05) is 38.1 Å². The third-order valence-corrected chi connectivity index (χ3v) is 5.80. The number of benzene rings is 3. The molecule has 0 aliphatic carbocycles. The normalized spacial score (nSPS) is 12.5. The van der Waals surface area contributed by atoms with Crippen LogP contribution in [0.3, 0.4) is 0 Å². The fourth-order valence-corrected chi connectivity index (χ4v) is 3.85. The monoisotopic (exact) mass is 484 g/mol. The molecule has 0 bridgehead atoms. The maximum atomic E-state index is 13.0. The standard InChI is InChI=1S/C28H24N2O6/c1-16(2)18-4-6-19(7-5-18)25(32)15-36-28(35)20-8-13-23-24(14-20)27(34)30(26(23)33)22-11-9-21(10-12-22)29-17(3)31/h4-14,16H,15H2,1-3H3,(H,29,31). The molecule has 1 heterocycles. The van der Waals surface area contributed by atoms with Gasteiger partial charge in [0.15, 0.2) is 12.4 Å². The molecule has 0 saturated heterocycles. The number of Topliss-reactive ketones (excluding diaryl/α,β-unsaturated/α-hetero) is 1. The summed E-state index contributed by atoms with van der Waals surface area (Å²) in [5.41, 5.74) is 2.66. The number of anilines is 2. The minimum Gasteiger partial charge on any atom is -0.454 e. The third kappa shape index (κ3) is 4.93. The minimum atomic E-state index is -0.775. The Bertz CT molecular complexity index is 1370. The van der Waals surface area contributed by atoms with Crippen LogP contribution in [0.4, 0.5) is 11.4 Å². The molecule has 36 heavy (non-hydrogen) atoms. The van der Waals surface area contributed by atoms with Crippen molar-refractivity contribution in [2.24, 2.45) is 0 Å². The minimum absolute atomic E-state index is 0.0562. The van der Waals surface area contributed by atoms with Crippen LogP contribution in [0.5, 0.6) is 0 Å². The lowest BCUT2D eigenvalue weighted by atomic mass is 10.0. The molecule has 0 spiro atoms. The topological polar surface area (TPSA) is 110 Å². The van der Waals surface area contributed by atoms with Crippen LogP contribution >= 0.6 is 0 Å². The molecular weight excluding hydrogens is 460 g/mol. The number of hydrogen-bond donors (Lipinski definition) is 1. The summed E-state index contributed by atoms with van der Waals surface area (Å²) in [4.78, 5) is 63.1. The first-order chi connectivity index (χ1) is 17.2. The van der Waals surface area contributed by atoms with E-state index in [0.717, 1.165) is 10.5 Å². The van der Waals surface area contributed by atoms with Gasteiger partial charge in [0.1, 0.15) is 0 Å². The largest absolute Gasteiger partial charge is 0.454 e. The summed E-state index contributed by atoms with van der Waals surface area (Å²) in [7, 11) is 0. The molecular formula is C28H24N2O6. The van der Waals surface area contributed by atoms with Crippen molar-refractivity contribution in [3.63, 3.8) is 0 Å². The Morgan fingerprint density at radius 1 is 0.833 bits per heavy atom. The van der Waals surface area contributed by atoms with Crippen molar-refractivity contribution in [3.8, 4) is 0 Å². The molecule has 0 atom stereocenters. The van der Waals surface area contributed by atoms with Crippen LogP contribution in [0.1, 0.15) is 73.7 Å². The summed E-state index contributed by atoms with van der Waals surface area (Å²) in [6.45, 7) is 5.03. The number of carbonyl (C=O) groups is 5. The van der Waals surface area contributed by atoms with Gasteiger partial charge in [-0.25, -0.2) is 9.69 Å². The predicted octanol–water partition coefficient (Wildman–Crippen LogP) is 4.61. The van der Waals surface area contributed by atoms with Crippen molar-refractivity contribution >= 4 is 40.8 Å². The molecule has 0 aromatic heterocycles. The number of nitrogens with zero attached hydrogens (tertiary/aromatic N) is 1. The highest BCUT2D eigenvalue weighted by Crippen LogP contribution is 2.30. The summed E-state index contributed by atoms with van der Waals surface area (Å²) in [6.07, 6.45) is 0. The first-order valence-electron chi connectivity index (χ1n) is 11.4. The summed E-state index contributed by atoms with van der Waals surface area (Å²) in [6, 6.07) is 17.4. The van der Waals surface area contributed by atoms with Crippen LogP contribution in [-0.2, 0) is 9.53 Å². The van der Waals surface area contributed by atoms with E-state index in [0.29, 0.717) is 22.9 Å². The number of amides is 3. The first kappa shape index (κ1) is 24.5. The zero-order chi connectivity index (χ0) is 26.0. The third-order valence-electron chi connectivity index (χ3n) is 5.80. The van der Waals surface area contributed by atoms with Crippen LogP contribution < -0.4 is 10.2 Å². The van der Waals surface area contributed by atoms with E-state index in [1.807, 2.05) is 12.1 Å². The molecule has 1 aliphatic rings. The summed E-state index contributed by atoms with van der Waals surface area (Å²) in [5, 5.41) is 2.62. The highest BCUT2D eigenvalue weighted by atomic mass is 16.5. The van der Waals surface area contributed by atoms with E-state index in [4.69, 9.17) is 4.74 Å². The van der Waals surface area contributed by atoms with Crippen LogP contribution in [0.15, 0.2) is 66.7 Å². The number of rotatable bonds is 7. The lowest BCUT2D eigenvalue weighted by Crippen LogP contribution is -2.29. The number of imide groups is 1. The summed E-state index contributed by atoms with van der Waals surface area (Å²) < 4.78 is 5.17. The molecule has 0 radical (unpaired) electrons. The van der Waals surface area contributed by atoms with Gasteiger partial charge in [0.2, 0.25) is 5.91 Å². The number of esters is 1. The molecule has 8 heteroatoms. The Labute approximate surface area is 207 Å². The summed E-state index contributed by atoms with van der Waals surface area (Å²) >= 11 is 0. The maximum absolute atomic E-state index is 13.0. The second-order valence-electron chi connectivity index (χ2n) is 8.71. The highest BCUT2D eigenvalue weighted by Gasteiger charge is 2.37. The second-order valence-corrected chi connectivity index (χ2v) is 8.71. The Morgan fingerprint density at radius 2 is 1.44 bits per heavy atom. The molecule has 0 fully saturated rings. The molecule has 0 saturated carbocycles. The van der Waals surface area contributed by atoms with Gasteiger partial charge < -0.3 is 10.1 Å². The van der Waals surface area contributed by atoms with E-state index in [-0.39, 0.29) is 28.4 Å². The molecule has 1 N–H and O–H groups in total. The van der Waals surface area contributed by atoms with Gasteiger partial charge in [-0.05, 0) is 53.9 Å². The van der Waals surface area contributed by atoms with Crippen molar-refractivity contribution in [2.75, 3.05) is 16.8 Å². The molecule has 1 aliphatic heterocycles. The molecule has 3 aromatic carbocycles. The fourth-order valence-electron chi connectivity index (χ4n) is 3.85. The van der Waals surface area contributed by atoms with Crippen LogP contribution in [0.2, 0.25) is 0 Å². The van der Waals surface area contributed by atoms with E-state index in [1.54, 1.807) is 36.4 Å². The van der Waals surface area contributed by atoms with Crippen LogP contribution in [0.25, 0.3) is 0 Å². The average molecular weight is 485 g/mol. The van der Waals surface area contributed by atoms with Crippen molar-refractivity contribution in [2.45, 2.75) is 26.7 Å². The van der Waals surface area contributed by atoms with Crippen molar-refractivity contribution in [3.05, 3.63) is 94.5 Å². The van der Waals surface area contributed by atoms with Crippen molar-refractivity contribution in [1.29, 1.82) is 0 Å². The number of ether oxygens (including phenoxy) is 1. The van der Waals surface area contributed by atoms with E-state index >= 15 is 0 Å². The summed E-state index contributed by atoms with van der Waals surface area (Å²) in [5.74, 6) is -2.14. The Morgan fingerprint density at radius 3 is 2.06 bits per heavy atom. The second kappa shape index (κ2) is 9.95. The Kier molecular flexibility index (Phi) is 6.78. The molecule has 182 valence electrons. The average Bonchev–Trinajstić information content (AvgIpc) is 3.11. The van der Waals surface area contributed by atoms with Gasteiger partial charge in [-0.15, -0.1) is 0 Å². The fraction of sp³-hybridized carbons (Fsp3) is 0.179. The van der Waals surface area contributed by atoms with E-state index in [2.05, 4.69) is 19.2 Å². The molecule has 0 unspecified atom stereocenters. The van der Waals surface area contributed by atoms with Crippen molar-refractivity contribution in [1.82, 2.24) is 0 Å². The molecule has 4 rings (SSSR count). The van der Waals surface area contributed by atoms with E-state index < -0.39 is 24.4 Å². The van der Waals surface area contributed by atoms with Crippen molar-refractivity contribution < 1.29 is 28.7 Å². The first-order valence-corrected chi connectivity index (χ1v) is 11.4. The zero-order valence-electron chi connectivity index (χ0n) is 20.0. The van der Waals surface area contributed by atoms with Gasteiger partial charge >= 0.3 is 5.97 Å². The number of nitrogens with one attached hydrogen (secondary N) is 1. The number of ketones is 1. The molecule has 8 nitrogen and oxygen atoms in total. The number of carbonyl (C=O) groups excluding carboxylic acids is 5. The number of hydrogen-bond acceptors (Lipinski definition) is 6. The van der Waals surface area contributed by atoms with E-state index in [9.17, 15) is 24.0 Å². The SMILES string of the molecule is CC(=O)Nc1ccc(N2C(=O)c3ccc(C(=O)OCC(=O)c4ccc(C(C)C)cc4)cc3C2=O)cc1. The van der Waals surface area contributed by atoms with Gasteiger partial charge in [0.05, 0.1) is 22.4 Å². The lowest BCUT2D eigenvalue weighted by molar-refractivity contribution is -0.114. The van der Waals surface area contributed by atoms with Crippen LogP contribution in [-0.4, -0.2) is 36.1 Å². The highest BCUT2D eigenvalue weighted by molar-refractivity contribution is 6.34. The van der Waals surface area contributed by atoms with Crippen LogP contribution in [0, 0.1) is 0 Å². The van der Waals surface area contributed by atoms with E-state index in [1.165, 1.54) is 25.1 Å². The van der Waals surface area contributed by atoms with Gasteiger partial charge in [0, 0.05) is 18.2 Å². The zero-order valence-corrected chi connectivity index (χ0v) is 20.0.